The Kier molecular flexibility index (Phi) is 9.89. The van der Waals surface area contributed by atoms with Gasteiger partial charge in [0.15, 0.2) is 5.17 Å². The molecular formula is C15H30N4O2S. The van der Waals surface area contributed by atoms with Crippen molar-refractivity contribution >= 4 is 29.0 Å². The van der Waals surface area contributed by atoms with Gasteiger partial charge in [0.25, 0.3) is 0 Å². The molecular weight excluding hydrogens is 300 g/mol. The molecule has 0 aromatic heterocycles. The normalized spacial score (nSPS) is 11.8. The van der Waals surface area contributed by atoms with E-state index in [4.69, 9.17) is 0 Å². The summed E-state index contributed by atoms with van der Waals surface area (Å²) in [6.07, 6.45) is 3.65. The largest absolute Gasteiger partial charge is 0.343 e. The van der Waals surface area contributed by atoms with Crippen LogP contribution in [0.25, 0.3) is 0 Å². The van der Waals surface area contributed by atoms with Gasteiger partial charge in [-0.25, -0.2) is 9.59 Å². The molecule has 0 radical (unpaired) electrons. The molecule has 6 nitrogen and oxygen atoms in total. The van der Waals surface area contributed by atoms with Gasteiger partial charge in [-0.1, -0.05) is 25.1 Å². The van der Waals surface area contributed by atoms with Gasteiger partial charge in [-0.05, 0) is 40.4 Å². The smallest absolute Gasteiger partial charge is 0.339 e. The van der Waals surface area contributed by atoms with Crippen molar-refractivity contribution in [1.29, 1.82) is 0 Å². The number of rotatable bonds is 5. The fourth-order valence-corrected chi connectivity index (χ4v) is 2.69. The van der Waals surface area contributed by atoms with Gasteiger partial charge < -0.3 is 10.2 Å². The first kappa shape index (κ1) is 20.8. The fraction of sp³-hybridized carbons (Fsp3) is 0.800. The third-order valence-corrected chi connectivity index (χ3v) is 3.80. The predicted molar refractivity (Wildman–Crippen MR) is 94.5 cm³/mol. The SMILES string of the molecule is CCCCN(C(=O)N(C(C)C)C(C)C)C(=NC(=O)NC)SC. The highest BCUT2D eigenvalue weighted by Crippen LogP contribution is 2.15. The van der Waals surface area contributed by atoms with Crippen LogP contribution in [0.2, 0.25) is 0 Å². The van der Waals surface area contributed by atoms with E-state index < -0.39 is 6.03 Å². The van der Waals surface area contributed by atoms with Crippen LogP contribution in [0.15, 0.2) is 4.99 Å². The monoisotopic (exact) mass is 330 g/mol. The summed E-state index contributed by atoms with van der Waals surface area (Å²) in [6, 6.07) is -0.380. The number of nitrogens with one attached hydrogen (secondary N) is 1. The van der Waals surface area contributed by atoms with E-state index in [9.17, 15) is 9.59 Å². The molecule has 22 heavy (non-hydrogen) atoms. The van der Waals surface area contributed by atoms with Crippen LogP contribution in [-0.4, -0.2) is 59.0 Å². The van der Waals surface area contributed by atoms with Gasteiger partial charge in [0.1, 0.15) is 0 Å². The van der Waals surface area contributed by atoms with Crippen molar-refractivity contribution < 1.29 is 9.59 Å². The first-order valence-corrected chi connectivity index (χ1v) is 8.96. The number of hydrogen-bond acceptors (Lipinski definition) is 3. The maximum atomic E-state index is 12.9. The van der Waals surface area contributed by atoms with Crippen LogP contribution in [0.1, 0.15) is 47.5 Å². The van der Waals surface area contributed by atoms with Gasteiger partial charge in [0, 0.05) is 25.7 Å². The Hall–Kier alpha value is -1.24. The van der Waals surface area contributed by atoms with Crippen LogP contribution in [-0.2, 0) is 0 Å². The zero-order valence-electron chi connectivity index (χ0n) is 14.8. The van der Waals surface area contributed by atoms with Crippen molar-refractivity contribution in [3.63, 3.8) is 0 Å². The molecule has 0 bridgehead atoms. The number of aliphatic imine (C=N–C) groups is 1. The molecule has 0 aliphatic carbocycles. The summed E-state index contributed by atoms with van der Waals surface area (Å²) in [5.74, 6) is 0. The number of thioether (sulfide) groups is 1. The number of carbonyl (C=O) groups is 2. The van der Waals surface area contributed by atoms with Gasteiger partial charge in [-0.2, -0.15) is 4.99 Å². The van der Waals surface area contributed by atoms with Gasteiger partial charge in [0.2, 0.25) is 0 Å². The maximum Gasteiger partial charge on any atom is 0.343 e. The Morgan fingerprint density at radius 3 is 2.09 bits per heavy atom. The Balaban J connectivity index is 5.53. The molecule has 0 saturated heterocycles. The van der Waals surface area contributed by atoms with Crippen molar-refractivity contribution in [1.82, 2.24) is 15.1 Å². The third kappa shape index (κ3) is 6.25. The summed E-state index contributed by atoms with van der Waals surface area (Å²) in [5, 5.41) is 2.90. The van der Waals surface area contributed by atoms with Gasteiger partial charge in [0.05, 0.1) is 0 Å². The van der Waals surface area contributed by atoms with Crippen LogP contribution in [0.4, 0.5) is 9.59 Å². The molecule has 0 heterocycles. The molecule has 4 amide bonds. The van der Waals surface area contributed by atoms with E-state index >= 15 is 0 Å². The molecule has 0 saturated carbocycles. The van der Waals surface area contributed by atoms with Crippen LogP contribution in [0.5, 0.6) is 0 Å². The minimum absolute atomic E-state index is 0.0831. The van der Waals surface area contributed by atoms with Gasteiger partial charge in [-0.3, -0.25) is 4.90 Å². The molecule has 0 unspecified atom stereocenters. The first-order valence-electron chi connectivity index (χ1n) is 7.74. The number of hydrogen-bond donors (Lipinski definition) is 1. The minimum atomic E-state index is -0.445. The van der Waals surface area contributed by atoms with E-state index in [1.807, 2.05) is 38.9 Å². The number of carbonyl (C=O) groups excluding carboxylic acids is 2. The Labute approximate surface area is 138 Å². The number of amides is 4. The van der Waals surface area contributed by atoms with Crippen molar-refractivity contribution in [2.45, 2.75) is 59.5 Å². The molecule has 0 aliphatic heterocycles. The van der Waals surface area contributed by atoms with Crippen molar-refractivity contribution in [3.8, 4) is 0 Å². The second kappa shape index (κ2) is 10.5. The van der Waals surface area contributed by atoms with Crippen molar-refractivity contribution in [2.24, 2.45) is 4.99 Å². The number of unbranched alkanes of at least 4 members (excludes halogenated alkanes) is 1. The Morgan fingerprint density at radius 1 is 1.18 bits per heavy atom. The average Bonchev–Trinajstić information content (AvgIpc) is 2.45. The molecule has 0 aliphatic rings. The van der Waals surface area contributed by atoms with E-state index in [0.717, 1.165) is 12.8 Å². The number of urea groups is 2. The molecule has 128 valence electrons. The highest BCUT2D eigenvalue weighted by molar-refractivity contribution is 8.13. The zero-order chi connectivity index (χ0) is 17.3. The average molecular weight is 330 g/mol. The zero-order valence-corrected chi connectivity index (χ0v) is 15.7. The minimum Gasteiger partial charge on any atom is -0.339 e. The molecule has 0 aromatic rings. The standard InChI is InChI=1S/C15H30N4O2S/c1-8-9-10-18(14(22-7)17-13(20)16-6)15(21)19(11(2)3)12(4)5/h11-12H,8-10H2,1-7H3,(H,16,20). The van der Waals surface area contributed by atoms with E-state index in [1.54, 1.807) is 4.90 Å². The summed E-state index contributed by atoms with van der Waals surface area (Å²) < 4.78 is 0. The Bertz CT molecular complexity index is 389. The van der Waals surface area contributed by atoms with Crippen molar-refractivity contribution in [2.75, 3.05) is 19.8 Å². The highest BCUT2D eigenvalue weighted by atomic mass is 32.2. The lowest BCUT2D eigenvalue weighted by atomic mass is 10.2. The summed E-state index contributed by atoms with van der Waals surface area (Å²) in [7, 11) is 1.52. The molecule has 0 aromatic carbocycles. The van der Waals surface area contributed by atoms with Gasteiger partial charge >= 0.3 is 12.1 Å². The topological polar surface area (TPSA) is 65.0 Å². The lowest BCUT2D eigenvalue weighted by molar-refractivity contribution is 0.144. The second-order valence-electron chi connectivity index (χ2n) is 5.54. The van der Waals surface area contributed by atoms with Crippen molar-refractivity contribution in [3.05, 3.63) is 0 Å². The molecule has 0 spiro atoms. The van der Waals surface area contributed by atoms with Crippen LogP contribution in [0, 0.1) is 0 Å². The van der Waals surface area contributed by atoms with Crippen LogP contribution >= 0.6 is 11.8 Å². The summed E-state index contributed by atoms with van der Waals surface area (Å²) in [6.45, 7) is 10.6. The second-order valence-corrected chi connectivity index (χ2v) is 6.31. The highest BCUT2D eigenvalue weighted by Gasteiger charge is 2.28. The molecule has 7 heteroatoms. The lowest BCUT2D eigenvalue weighted by Gasteiger charge is -2.36. The fourth-order valence-electron chi connectivity index (χ4n) is 2.13. The molecule has 0 fully saturated rings. The summed E-state index contributed by atoms with van der Waals surface area (Å²) in [5.41, 5.74) is 0. The lowest BCUT2D eigenvalue weighted by Crippen LogP contribution is -2.51. The predicted octanol–water partition coefficient (Wildman–Crippen LogP) is 3.39. The molecule has 0 rings (SSSR count). The summed E-state index contributed by atoms with van der Waals surface area (Å²) >= 11 is 1.31. The van der Waals surface area contributed by atoms with Crippen LogP contribution in [0.3, 0.4) is 0 Å². The van der Waals surface area contributed by atoms with Gasteiger partial charge in [-0.15, -0.1) is 0 Å². The van der Waals surface area contributed by atoms with E-state index in [0.29, 0.717) is 11.7 Å². The quantitative estimate of drug-likeness (QED) is 0.621. The number of amidine groups is 1. The van der Waals surface area contributed by atoms with E-state index in [2.05, 4.69) is 17.2 Å². The van der Waals surface area contributed by atoms with E-state index in [1.165, 1.54) is 18.8 Å². The maximum absolute atomic E-state index is 12.9. The summed E-state index contributed by atoms with van der Waals surface area (Å²) in [4.78, 5) is 31.9. The Morgan fingerprint density at radius 2 is 1.73 bits per heavy atom. The molecule has 0 atom stereocenters. The number of nitrogens with zero attached hydrogens (tertiary/aromatic N) is 3. The third-order valence-electron chi connectivity index (χ3n) is 3.12. The molecule has 1 N–H and O–H groups in total. The van der Waals surface area contributed by atoms with Crippen LogP contribution < -0.4 is 5.32 Å². The first-order chi connectivity index (χ1) is 10.3. The van der Waals surface area contributed by atoms with E-state index in [-0.39, 0.29) is 18.1 Å².